The second kappa shape index (κ2) is 9.94. The molecule has 0 fully saturated rings. The minimum Gasteiger partial charge on any atom is -0.467 e. The van der Waals surface area contributed by atoms with Crippen LogP contribution in [0.25, 0.3) is 0 Å². The van der Waals surface area contributed by atoms with Crippen LogP contribution in [0.3, 0.4) is 0 Å². The van der Waals surface area contributed by atoms with Crippen molar-refractivity contribution >= 4 is 41.0 Å². The van der Waals surface area contributed by atoms with Crippen LogP contribution < -0.4 is 10.6 Å². The lowest BCUT2D eigenvalue weighted by Crippen LogP contribution is -2.47. The third kappa shape index (κ3) is 6.27. The van der Waals surface area contributed by atoms with Crippen molar-refractivity contribution in [2.45, 2.75) is 12.5 Å². The molecule has 0 aliphatic heterocycles. The molecule has 2 rings (SSSR count). The highest BCUT2D eigenvalue weighted by Gasteiger charge is 2.22. The lowest BCUT2D eigenvalue weighted by Gasteiger charge is -2.17. The number of carbonyl (C=O) groups is 3. The number of benzene rings is 2. The summed E-state index contributed by atoms with van der Waals surface area (Å²) in [7, 11) is 1.25. The fourth-order valence-corrected chi connectivity index (χ4v) is 2.63. The molecule has 2 N–H and O–H groups in total. The summed E-state index contributed by atoms with van der Waals surface area (Å²) < 4.78 is 4.74. The van der Waals surface area contributed by atoms with Gasteiger partial charge in [-0.1, -0.05) is 53.5 Å². The van der Waals surface area contributed by atoms with E-state index in [-0.39, 0.29) is 23.6 Å². The van der Waals surface area contributed by atoms with Crippen LogP contribution in [0, 0.1) is 0 Å². The highest BCUT2D eigenvalue weighted by Crippen LogP contribution is 2.22. The van der Waals surface area contributed by atoms with E-state index in [0.29, 0.717) is 5.02 Å². The predicted molar refractivity (Wildman–Crippen MR) is 103 cm³/mol. The molecule has 1 unspecified atom stereocenters. The fourth-order valence-electron chi connectivity index (χ4n) is 2.33. The molecule has 0 radical (unpaired) electrons. The molecule has 0 aromatic heterocycles. The van der Waals surface area contributed by atoms with Gasteiger partial charge in [0.05, 0.1) is 23.7 Å². The molecular weight excluding hydrogens is 391 g/mol. The molecule has 0 saturated heterocycles. The van der Waals surface area contributed by atoms with Crippen LogP contribution in [0.5, 0.6) is 0 Å². The SMILES string of the molecule is COC(=O)C(Cc1ccccc1)NC(=O)CNC(=O)c1ccc(Cl)c(Cl)c1. The van der Waals surface area contributed by atoms with E-state index in [1.165, 1.54) is 25.3 Å². The second-order valence-corrected chi connectivity index (χ2v) is 6.46. The summed E-state index contributed by atoms with van der Waals surface area (Å²) in [5.41, 5.74) is 1.14. The van der Waals surface area contributed by atoms with Gasteiger partial charge in [0.1, 0.15) is 6.04 Å². The molecule has 2 amide bonds. The molecular formula is C19H18Cl2N2O4. The van der Waals surface area contributed by atoms with E-state index >= 15 is 0 Å². The van der Waals surface area contributed by atoms with Gasteiger partial charge in [0.2, 0.25) is 5.91 Å². The van der Waals surface area contributed by atoms with Crippen molar-refractivity contribution in [3.05, 3.63) is 69.7 Å². The first-order valence-electron chi connectivity index (χ1n) is 8.05. The van der Waals surface area contributed by atoms with Crippen molar-refractivity contribution in [3.63, 3.8) is 0 Å². The fraction of sp³-hybridized carbons (Fsp3) is 0.211. The molecule has 142 valence electrons. The molecule has 8 heteroatoms. The lowest BCUT2D eigenvalue weighted by molar-refractivity contribution is -0.144. The van der Waals surface area contributed by atoms with Crippen LogP contribution in [0.2, 0.25) is 10.0 Å². The Morgan fingerprint density at radius 1 is 1.04 bits per heavy atom. The monoisotopic (exact) mass is 408 g/mol. The molecule has 0 aliphatic carbocycles. The van der Waals surface area contributed by atoms with Gasteiger partial charge in [-0.15, -0.1) is 0 Å². The van der Waals surface area contributed by atoms with E-state index in [9.17, 15) is 14.4 Å². The molecule has 0 saturated carbocycles. The summed E-state index contributed by atoms with van der Waals surface area (Å²) >= 11 is 11.7. The van der Waals surface area contributed by atoms with Crippen molar-refractivity contribution in [2.24, 2.45) is 0 Å². The van der Waals surface area contributed by atoms with Crippen molar-refractivity contribution in [1.82, 2.24) is 10.6 Å². The maximum Gasteiger partial charge on any atom is 0.328 e. The Bertz CT molecular complexity index is 828. The zero-order valence-corrected chi connectivity index (χ0v) is 16.0. The average Bonchev–Trinajstić information content (AvgIpc) is 2.67. The molecule has 27 heavy (non-hydrogen) atoms. The van der Waals surface area contributed by atoms with Gasteiger partial charge in [0, 0.05) is 12.0 Å². The number of rotatable bonds is 7. The Balaban J connectivity index is 1.93. The number of esters is 1. The van der Waals surface area contributed by atoms with E-state index in [2.05, 4.69) is 10.6 Å². The van der Waals surface area contributed by atoms with Gasteiger partial charge in [-0.2, -0.15) is 0 Å². The number of nitrogens with one attached hydrogen (secondary N) is 2. The predicted octanol–water partition coefficient (Wildman–Crippen LogP) is 2.62. The largest absolute Gasteiger partial charge is 0.467 e. The van der Waals surface area contributed by atoms with E-state index in [1.54, 1.807) is 0 Å². The summed E-state index contributed by atoms with van der Waals surface area (Å²) in [6.45, 7) is -0.304. The number of amides is 2. The average molecular weight is 409 g/mol. The van der Waals surface area contributed by atoms with Crippen molar-refractivity contribution in [2.75, 3.05) is 13.7 Å². The van der Waals surface area contributed by atoms with Crippen molar-refractivity contribution < 1.29 is 19.1 Å². The van der Waals surface area contributed by atoms with Gasteiger partial charge in [0.15, 0.2) is 0 Å². The van der Waals surface area contributed by atoms with Gasteiger partial charge in [-0.25, -0.2) is 4.79 Å². The van der Waals surface area contributed by atoms with Crippen LogP contribution in [-0.4, -0.2) is 37.5 Å². The third-order valence-electron chi connectivity index (χ3n) is 3.69. The Morgan fingerprint density at radius 2 is 1.74 bits per heavy atom. The van der Waals surface area contributed by atoms with Crippen LogP contribution in [0.15, 0.2) is 48.5 Å². The maximum atomic E-state index is 12.1. The van der Waals surface area contributed by atoms with Gasteiger partial charge in [0.25, 0.3) is 5.91 Å². The van der Waals surface area contributed by atoms with Gasteiger partial charge >= 0.3 is 5.97 Å². The Morgan fingerprint density at radius 3 is 2.37 bits per heavy atom. The number of hydrogen-bond donors (Lipinski definition) is 2. The number of hydrogen-bond acceptors (Lipinski definition) is 4. The van der Waals surface area contributed by atoms with E-state index in [1.807, 2.05) is 30.3 Å². The zero-order chi connectivity index (χ0) is 19.8. The number of ether oxygens (including phenoxy) is 1. The smallest absolute Gasteiger partial charge is 0.328 e. The number of methoxy groups -OCH3 is 1. The summed E-state index contributed by atoms with van der Waals surface area (Å²) in [4.78, 5) is 36.2. The van der Waals surface area contributed by atoms with Crippen LogP contribution in [-0.2, 0) is 20.7 Å². The minimum absolute atomic E-state index is 0.238. The van der Waals surface area contributed by atoms with Gasteiger partial charge in [-0.05, 0) is 23.8 Å². The zero-order valence-electron chi connectivity index (χ0n) is 14.5. The molecule has 0 heterocycles. The highest BCUT2D eigenvalue weighted by atomic mass is 35.5. The quantitative estimate of drug-likeness (QED) is 0.689. The van der Waals surface area contributed by atoms with E-state index < -0.39 is 23.8 Å². The standard InChI is InChI=1S/C19H18Cl2N2O4/c1-27-19(26)16(9-12-5-3-2-4-6-12)23-17(24)11-22-18(25)13-7-8-14(20)15(21)10-13/h2-8,10,16H,9,11H2,1H3,(H,22,25)(H,23,24). The Hall–Kier alpha value is -2.57. The van der Waals surface area contributed by atoms with E-state index in [0.717, 1.165) is 5.56 Å². The second-order valence-electron chi connectivity index (χ2n) is 5.64. The van der Waals surface area contributed by atoms with Crippen LogP contribution >= 0.6 is 23.2 Å². The Kier molecular flexibility index (Phi) is 7.64. The molecule has 2 aromatic carbocycles. The van der Waals surface area contributed by atoms with Gasteiger partial charge in [-0.3, -0.25) is 9.59 Å². The number of carbonyl (C=O) groups excluding carboxylic acids is 3. The minimum atomic E-state index is -0.855. The normalized spacial score (nSPS) is 11.4. The first kappa shape index (κ1) is 20.7. The lowest BCUT2D eigenvalue weighted by atomic mass is 10.1. The summed E-state index contributed by atoms with van der Waals surface area (Å²) in [6.07, 6.45) is 0.278. The summed E-state index contributed by atoms with van der Waals surface area (Å²) in [6, 6.07) is 12.7. The first-order valence-corrected chi connectivity index (χ1v) is 8.80. The van der Waals surface area contributed by atoms with Crippen molar-refractivity contribution in [3.8, 4) is 0 Å². The third-order valence-corrected chi connectivity index (χ3v) is 4.43. The highest BCUT2D eigenvalue weighted by molar-refractivity contribution is 6.42. The molecule has 0 bridgehead atoms. The first-order chi connectivity index (χ1) is 12.9. The van der Waals surface area contributed by atoms with Crippen molar-refractivity contribution in [1.29, 1.82) is 0 Å². The topological polar surface area (TPSA) is 84.5 Å². The van der Waals surface area contributed by atoms with Crippen LogP contribution in [0.4, 0.5) is 0 Å². The summed E-state index contributed by atoms with van der Waals surface area (Å²) in [5.74, 6) is -1.57. The Labute approximate surface area is 166 Å². The molecule has 2 aromatic rings. The number of halogens is 2. The molecule has 1 atom stereocenters. The summed E-state index contributed by atoms with van der Waals surface area (Å²) in [5, 5.41) is 5.60. The van der Waals surface area contributed by atoms with Crippen LogP contribution in [0.1, 0.15) is 15.9 Å². The van der Waals surface area contributed by atoms with Gasteiger partial charge < -0.3 is 15.4 Å². The van der Waals surface area contributed by atoms with E-state index in [4.69, 9.17) is 27.9 Å². The molecule has 0 aliphatic rings. The molecule has 0 spiro atoms. The molecule has 6 nitrogen and oxygen atoms in total. The maximum absolute atomic E-state index is 12.1.